The number of furan rings is 1. The van der Waals surface area contributed by atoms with Crippen molar-refractivity contribution in [2.45, 2.75) is 33.7 Å². The van der Waals surface area contributed by atoms with Crippen LogP contribution in [0.5, 0.6) is 0 Å². The third kappa shape index (κ3) is 3.65. The van der Waals surface area contributed by atoms with Crippen molar-refractivity contribution in [1.29, 1.82) is 0 Å². The van der Waals surface area contributed by atoms with Crippen LogP contribution in [0, 0.1) is 26.7 Å². The predicted octanol–water partition coefficient (Wildman–Crippen LogP) is 2.91. The number of carboxylic acids is 1. The fraction of sp³-hybridized carbons (Fsp3) is 0.381. The number of benzene rings is 1. The molecule has 1 aliphatic rings. The van der Waals surface area contributed by atoms with E-state index in [4.69, 9.17) is 9.52 Å². The van der Waals surface area contributed by atoms with Crippen LogP contribution in [0.25, 0.3) is 0 Å². The number of anilines is 1. The highest BCUT2D eigenvalue weighted by Crippen LogP contribution is 2.30. The Kier molecular flexibility index (Phi) is 5.27. The molecule has 148 valence electrons. The first-order chi connectivity index (χ1) is 13.2. The summed E-state index contributed by atoms with van der Waals surface area (Å²) in [7, 11) is 1.63. The van der Waals surface area contributed by atoms with E-state index in [0.29, 0.717) is 18.1 Å². The number of carboxylic acid groups (broad SMARTS) is 1. The van der Waals surface area contributed by atoms with Crippen LogP contribution in [-0.2, 0) is 16.1 Å². The van der Waals surface area contributed by atoms with Gasteiger partial charge in [-0.2, -0.15) is 0 Å². The number of carbonyl (C=O) groups is 3. The Hall–Kier alpha value is -3.09. The molecule has 1 atom stereocenters. The van der Waals surface area contributed by atoms with Gasteiger partial charge < -0.3 is 19.3 Å². The lowest BCUT2D eigenvalue weighted by Crippen LogP contribution is -2.34. The number of aromatic carboxylic acids is 1. The molecular formula is C21H24N2O5. The van der Waals surface area contributed by atoms with Gasteiger partial charge in [0.05, 0.1) is 12.5 Å². The molecule has 1 aromatic heterocycles. The Morgan fingerprint density at radius 1 is 1.29 bits per heavy atom. The van der Waals surface area contributed by atoms with Crippen molar-refractivity contribution in [2.24, 2.45) is 5.92 Å². The molecule has 1 aromatic carbocycles. The summed E-state index contributed by atoms with van der Waals surface area (Å²) in [5, 5.41) is 9.12. The van der Waals surface area contributed by atoms with Crippen LogP contribution in [-0.4, -0.2) is 41.4 Å². The number of hydrogen-bond acceptors (Lipinski definition) is 4. The van der Waals surface area contributed by atoms with E-state index in [2.05, 4.69) is 0 Å². The van der Waals surface area contributed by atoms with E-state index in [1.165, 1.54) is 11.0 Å². The molecule has 2 amide bonds. The van der Waals surface area contributed by atoms with Crippen molar-refractivity contribution in [3.63, 3.8) is 0 Å². The van der Waals surface area contributed by atoms with E-state index in [1.54, 1.807) is 18.9 Å². The molecule has 0 aliphatic carbocycles. The van der Waals surface area contributed by atoms with Gasteiger partial charge in [0, 0.05) is 25.7 Å². The SMILES string of the molecule is Cc1cccc(N2CC(C(=O)N(C)Cc3cc(C(=O)O)c(C)o3)CC2=O)c1C. The zero-order valence-corrected chi connectivity index (χ0v) is 16.5. The Balaban J connectivity index is 1.71. The molecule has 7 heteroatoms. The van der Waals surface area contributed by atoms with Gasteiger partial charge in [-0.1, -0.05) is 12.1 Å². The number of hydrogen-bond donors (Lipinski definition) is 1. The summed E-state index contributed by atoms with van der Waals surface area (Å²) in [5.41, 5.74) is 3.06. The van der Waals surface area contributed by atoms with Gasteiger partial charge in [-0.15, -0.1) is 0 Å². The molecule has 0 bridgehead atoms. The van der Waals surface area contributed by atoms with Crippen molar-refractivity contribution < 1.29 is 23.9 Å². The van der Waals surface area contributed by atoms with Gasteiger partial charge in [0.25, 0.3) is 0 Å². The minimum absolute atomic E-state index is 0.0672. The lowest BCUT2D eigenvalue weighted by atomic mass is 10.1. The summed E-state index contributed by atoms with van der Waals surface area (Å²) in [6.45, 7) is 6.03. The third-order valence-electron chi connectivity index (χ3n) is 5.31. The van der Waals surface area contributed by atoms with Crippen LogP contribution in [0.4, 0.5) is 5.69 Å². The summed E-state index contributed by atoms with van der Waals surface area (Å²) in [4.78, 5) is 39.7. The van der Waals surface area contributed by atoms with E-state index >= 15 is 0 Å². The second-order valence-corrected chi connectivity index (χ2v) is 7.31. The molecule has 1 fully saturated rings. The highest BCUT2D eigenvalue weighted by atomic mass is 16.4. The fourth-order valence-electron chi connectivity index (χ4n) is 3.59. The maximum Gasteiger partial charge on any atom is 0.339 e. The van der Waals surface area contributed by atoms with Gasteiger partial charge in [-0.05, 0) is 44.0 Å². The highest BCUT2D eigenvalue weighted by molar-refractivity contribution is 6.00. The quantitative estimate of drug-likeness (QED) is 0.856. The molecule has 7 nitrogen and oxygen atoms in total. The Labute approximate surface area is 163 Å². The minimum Gasteiger partial charge on any atom is -0.478 e. The molecule has 0 saturated carbocycles. The fourth-order valence-corrected chi connectivity index (χ4v) is 3.59. The van der Waals surface area contributed by atoms with Crippen molar-refractivity contribution in [3.8, 4) is 0 Å². The Morgan fingerprint density at radius 2 is 2.00 bits per heavy atom. The smallest absolute Gasteiger partial charge is 0.339 e. The van der Waals surface area contributed by atoms with E-state index < -0.39 is 11.9 Å². The summed E-state index contributed by atoms with van der Waals surface area (Å²) in [6, 6.07) is 7.23. The van der Waals surface area contributed by atoms with E-state index in [9.17, 15) is 14.4 Å². The molecule has 0 spiro atoms. The zero-order chi connectivity index (χ0) is 20.6. The standard InChI is InChI=1S/C21H24N2O5/c1-12-6-5-7-18(13(12)2)23-10-15(8-19(23)24)20(25)22(4)11-16-9-17(21(26)27)14(3)28-16/h5-7,9,15H,8,10-11H2,1-4H3,(H,26,27). The van der Waals surface area contributed by atoms with E-state index in [0.717, 1.165) is 16.8 Å². The summed E-state index contributed by atoms with van der Waals surface area (Å²) < 4.78 is 5.45. The zero-order valence-electron chi connectivity index (χ0n) is 16.5. The van der Waals surface area contributed by atoms with Crippen LogP contribution in [0.1, 0.15) is 39.4 Å². The van der Waals surface area contributed by atoms with Crippen LogP contribution >= 0.6 is 0 Å². The molecule has 3 rings (SSSR count). The largest absolute Gasteiger partial charge is 0.478 e. The molecular weight excluding hydrogens is 360 g/mol. The normalized spacial score (nSPS) is 16.5. The topological polar surface area (TPSA) is 91.1 Å². The number of aryl methyl sites for hydroxylation is 2. The predicted molar refractivity (Wildman–Crippen MR) is 103 cm³/mol. The molecule has 1 aliphatic heterocycles. The lowest BCUT2D eigenvalue weighted by molar-refractivity contribution is -0.135. The molecule has 2 aromatic rings. The molecule has 1 N–H and O–H groups in total. The number of amides is 2. The van der Waals surface area contributed by atoms with Gasteiger partial charge in [-0.3, -0.25) is 9.59 Å². The van der Waals surface area contributed by atoms with Crippen LogP contribution < -0.4 is 4.90 Å². The molecule has 2 heterocycles. The Bertz CT molecular complexity index is 946. The van der Waals surface area contributed by atoms with Gasteiger partial charge >= 0.3 is 5.97 Å². The number of nitrogens with zero attached hydrogens (tertiary/aromatic N) is 2. The van der Waals surface area contributed by atoms with Crippen molar-refractivity contribution in [1.82, 2.24) is 4.90 Å². The van der Waals surface area contributed by atoms with E-state index in [1.807, 2.05) is 32.0 Å². The Morgan fingerprint density at radius 3 is 2.64 bits per heavy atom. The average molecular weight is 384 g/mol. The molecule has 1 saturated heterocycles. The van der Waals surface area contributed by atoms with Gasteiger partial charge in [-0.25, -0.2) is 4.79 Å². The monoisotopic (exact) mass is 384 g/mol. The van der Waals surface area contributed by atoms with Gasteiger partial charge in [0.1, 0.15) is 17.1 Å². The summed E-state index contributed by atoms with van der Waals surface area (Å²) in [5.74, 6) is -1.02. The van der Waals surface area contributed by atoms with Crippen molar-refractivity contribution in [3.05, 3.63) is 52.5 Å². The molecule has 0 radical (unpaired) electrons. The first kappa shape index (κ1) is 19.7. The maximum atomic E-state index is 12.8. The third-order valence-corrected chi connectivity index (χ3v) is 5.31. The van der Waals surface area contributed by atoms with Crippen LogP contribution in [0.3, 0.4) is 0 Å². The summed E-state index contributed by atoms with van der Waals surface area (Å²) >= 11 is 0. The first-order valence-corrected chi connectivity index (χ1v) is 9.13. The van der Waals surface area contributed by atoms with Gasteiger partial charge in [0.2, 0.25) is 11.8 Å². The van der Waals surface area contributed by atoms with Gasteiger partial charge in [0.15, 0.2) is 0 Å². The summed E-state index contributed by atoms with van der Waals surface area (Å²) in [6.07, 6.45) is 0.161. The maximum absolute atomic E-state index is 12.8. The average Bonchev–Trinajstić information content (AvgIpc) is 3.19. The van der Waals surface area contributed by atoms with Crippen molar-refractivity contribution in [2.75, 3.05) is 18.5 Å². The first-order valence-electron chi connectivity index (χ1n) is 9.13. The van der Waals surface area contributed by atoms with Crippen LogP contribution in [0.15, 0.2) is 28.7 Å². The number of rotatable bonds is 5. The second kappa shape index (κ2) is 7.50. The number of carbonyl (C=O) groups excluding carboxylic acids is 2. The lowest BCUT2D eigenvalue weighted by Gasteiger charge is -2.22. The van der Waals surface area contributed by atoms with Crippen molar-refractivity contribution >= 4 is 23.5 Å². The second-order valence-electron chi connectivity index (χ2n) is 7.31. The highest BCUT2D eigenvalue weighted by Gasteiger charge is 2.37. The molecule has 28 heavy (non-hydrogen) atoms. The minimum atomic E-state index is -1.06. The molecule has 1 unspecified atom stereocenters. The van der Waals surface area contributed by atoms with E-state index in [-0.39, 0.29) is 30.3 Å². The van der Waals surface area contributed by atoms with Crippen LogP contribution in [0.2, 0.25) is 0 Å².